The molecule has 0 bridgehead atoms. The first-order chi connectivity index (χ1) is 5.75. The van der Waals surface area contributed by atoms with E-state index in [2.05, 4.69) is 13.6 Å². The van der Waals surface area contributed by atoms with Crippen molar-refractivity contribution in [3.05, 3.63) is 0 Å². The summed E-state index contributed by atoms with van der Waals surface area (Å²) in [7, 11) is -1.48. The highest BCUT2D eigenvalue weighted by Gasteiger charge is 2.38. The molecule has 80 valence electrons. The first kappa shape index (κ1) is 14.3. The van der Waals surface area contributed by atoms with Crippen molar-refractivity contribution in [3.63, 3.8) is 0 Å². The molecule has 0 rings (SSSR count). The van der Waals surface area contributed by atoms with Gasteiger partial charge in [-0.2, -0.15) is 0 Å². The molecule has 0 amide bonds. The smallest absolute Gasteiger partial charge is 0.290 e. The third kappa shape index (κ3) is 5.05. The van der Waals surface area contributed by atoms with Gasteiger partial charge in [-0.05, 0) is 0 Å². The van der Waals surface area contributed by atoms with Gasteiger partial charge < -0.3 is 0 Å². The van der Waals surface area contributed by atoms with Gasteiger partial charge in [0.1, 0.15) is 0 Å². The van der Waals surface area contributed by atoms with Gasteiger partial charge in [0.25, 0.3) is 0 Å². The minimum absolute atomic E-state index is 1.12. The number of phosphoric acid groups is 1. The zero-order valence-corrected chi connectivity index (χ0v) is 10.6. The third-order valence-corrected chi connectivity index (χ3v) is 3.76. The standard InChI is InChI=1S/C4H7Cl4O4P/c1-10-13(9,11-2)12-3(5)4(6,7)8/h3H,1-2H3. The molecule has 0 heterocycles. The summed E-state index contributed by atoms with van der Waals surface area (Å²) in [6.45, 7) is 0. The van der Waals surface area contributed by atoms with Gasteiger partial charge in [0.05, 0.1) is 0 Å². The van der Waals surface area contributed by atoms with Gasteiger partial charge in [0.15, 0.2) is 5.56 Å². The number of phosphoric ester groups is 1. The second-order valence-corrected chi connectivity index (χ2v) is 6.38. The lowest BCUT2D eigenvalue weighted by Gasteiger charge is -2.21. The van der Waals surface area contributed by atoms with Gasteiger partial charge in [-0.1, -0.05) is 46.4 Å². The molecule has 4 nitrogen and oxygen atoms in total. The Hall–Kier alpha value is 1.27. The highest BCUT2D eigenvalue weighted by atomic mass is 35.6. The van der Waals surface area contributed by atoms with E-state index in [4.69, 9.17) is 46.4 Å². The minimum atomic E-state index is -3.72. The molecule has 0 saturated heterocycles. The Morgan fingerprint density at radius 1 is 1.23 bits per heavy atom. The molecule has 1 atom stereocenters. The van der Waals surface area contributed by atoms with Gasteiger partial charge in [0.2, 0.25) is 3.79 Å². The number of hydrogen-bond donors (Lipinski definition) is 0. The van der Waals surface area contributed by atoms with Gasteiger partial charge >= 0.3 is 7.82 Å². The van der Waals surface area contributed by atoms with E-state index in [1.807, 2.05) is 0 Å². The Morgan fingerprint density at radius 3 is 1.85 bits per heavy atom. The van der Waals surface area contributed by atoms with Gasteiger partial charge in [-0.15, -0.1) is 0 Å². The van der Waals surface area contributed by atoms with E-state index in [0.29, 0.717) is 0 Å². The van der Waals surface area contributed by atoms with Crippen LogP contribution in [0.5, 0.6) is 0 Å². The molecule has 0 saturated carbocycles. The predicted molar refractivity (Wildman–Crippen MR) is 52.6 cm³/mol. The molecule has 0 aromatic rings. The lowest BCUT2D eigenvalue weighted by Crippen LogP contribution is -2.22. The summed E-state index contributed by atoms with van der Waals surface area (Å²) in [4.78, 5) is 0. The Bertz CT molecular complexity index is 197. The molecular formula is C4H7Cl4O4P. The summed E-state index contributed by atoms with van der Waals surface area (Å²) in [5.74, 6) is 0. The molecule has 0 N–H and O–H groups in total. The zero-order valence-electron chi connectivity index (χ0n) is 6.67. The van der Waals surface area contributed by atoms with Crippen molar-refractivity contribution >= 4 is 54.2 Å². The summed E-state index contributed by atoms with van der Waals surface area (Å²) in [5.41, 5.74) is -1.43. The van der Waals surface area contributed by atoms with Gasteiger partial charge in [-0.25, -0.2) is 4.57 Å². The Morgan fingerprint density at radius 2 is 1.62 bits per heavy atom. The SMILES string of the molecule is COP(=O)(OC)OC(Cl)C(Cl)(Cl)Cl. The fraction of sp³-hybridized carbons (Fsp3) is 1.00. The fourth-order valence-corrected chi connectivity index (χ4v) is 1.65. The van der Waals surface area contributed by atoms with E-state index < -0.39 is 17.2 Å². The van der Waals surface area contributed by atoms with Crippen LogP contribution in [0.1, 0.15) is 0 Å². The van der Waals surface area contributed by atoms with Crippen molar-refractivity contribution in [2.45, 2.75) is 9.36 Å². The quantitative estimate of drug-likeness (QED) is 0.589. The van der Waals surface area contributed by atoms with Crippen LogP contribution in [-0.4, -0.2) is 23.6 Å². The van der Waals surface area contributed by atoms with Crippen LogP contribution in [0.15, 0.2) is 0 Å². The Kier molecular flexibility index (Phi) is 5.91. The molecule has 13 heavy (non-hydrogen) atoms. The largest absolute Gasteiger partial charge is 0.475 e. The second-order valence-electron chi connectivity index (χ2n) is 1.78. The van der Waals surface area contributed by atoms with Crippen LogP contribution in [0, 0.1) is 0 Å². The summed E-state index contributed by atoms with van der Waals surface area (Å²) in [6, 6.07) is 0. The first-order valence-electron chi connectivity index (χ1n) is 2.86. The van der Waals surface area contributed by atoms with Crippen molar-refractivity contribution in [1.29, 1.82) is 0 Å². The molecule has 9 heteroatoms. The van der Waals surface area contributed by atoms with E-state index in [1.165, 1.54) is 0 Å². The maximum absolute atomic E-state index is 11.3. The van der Waals surface area contributed by atoms with Crippen LogP contribution >= 0.6 is 54.2 Å². The normalized spacial score (nSPS) is 15.8. The Balaban J connectivity index is 4.35. The number of alkyl halides is 4. The molecule has 0 aliphatic heterocycles. The Labute approximate surface area is 95.9 Å². The molecule has 0 radical (unpaired) electrons. The zero-order chi connectivity index (χ0) is 10.7. The van der Waals surface area contributed by atoms with E-state index in [-0.39, 0.29) is 0 Å². The molecule has 0 aliphatic rings. The summed E-state index contributed by atoms with van der Waals surface area (Å²) in [6.07, 6.45) is 0. The monoisotopic (exact) mass is 290 g/mol. The van der Waals surface area contributed by atoms with Crippen LogP contribution in [-0.2, 0) is 18.1 Å². The minimum Gasteiger partial charge on any atom is -0.290 e. The molecule has 1 unspecified atom stereocenters. The van der Waals surface area contributed by atoms with Crippen LogP contribution in [0.3, 0.4) is 0 Å². The number of halogens is 4. The van der Waals surface area contributed by atoms with E-state index in [9.17, 15) is 4.57 Å². The molecule has 0 spiro atoms. The summed E-state index contributed by atoms with van der Waals surface area (Å²) < 4.78 is 22.8. The maximum Gasteiger partial charge on any atom is 0.475 e. The average molecular weight is 292 g/mol. The van der Waals surface area contributed by atoms with Crippen molar-refractivity contribution in [3.8, 4) is 0 Å². The van der Waals surface area contributed by atoms with Crippen molar-refractivity contribution in [2.75, 3.05) is 14.2 Å². The summed E-state index contributed by atoms with van der Waals surface area (Å²) in [5, 5.41) is 0. The lowest BCUT2D eigenvalue weighted by atomic mass is 10.8. The average Bonchev–Trinajstić information content (AvgIpc) is 2.02. The predicted octanol–water partition coefficient (Wildman–Crippen LogP) is 3.34. The van der Waals surface area contributed by atoms with Crippen molar-refractivity contribution in [1.82, 2.24) is 0 Å². The van der Waals surface area contributed by atoms with Crippen molar-refractivity contribution < 1.29 is 18.1 Å². The topological polar surface area (TPSA) is 44.8 Å². The van der Waals surface area contributed by atoms with E-state index in [0.717, 1.165) is 14.2 Å². The van der Waals surface area contributed by atoms with E-state index in [1.54, 1.807) is 0 Å². The van der Waals surface area contributed by atoms with E-state index >= 15 is 0 Å². The van der Waals surface area contributed by atoms with Gasteiger partial charge in [-0.3, -0.25) is 13.6 Å². The highest BCUT2D eigenvalue weighted by molar-refractivity contribution is 7.48. The maximum atomic E-state index is 11.3. The third-order valence-electron chi connectivity index (χ3n) is 0.926. The van der Waals surface area contributed by atoms with Gasteiger partial charge in [0, 0.05) is 14.2 Å². The highest BCUT2D eigenvalue weighted by Crippen LogP contribution is 2.52. The van der Waals surface area contributed by atoms with Crippen LogP contribution in [0.4, 0.5) is 0 Å². The fourth-order valence-electron chi connectivity index (χ4n) is 0.334. The molecule has 0 fully saturated rings. The lowest BCUT2D eigenvalue weighted by molar-refractivity contribution is 0.140. The van der Waals surface area contributed by atoms with Crippen LogP contribution in [0.25, 0.3) is 0 Å². The summed E-state index contributed by atoms with van der Waals surface area (Å²) >= 11 is 21.5. The molecule has 0 aromatic heterocycles. The molecule has 0 aromatic carbocycles. The second kappa shape index (κ2) is 5.38. The van der Waals surface area contributed by atoms with Crippen molar-refractivity contribution in [2.24, 2.45) is 0 Å². The number of hydrogen-bond acceptors (Lipinski definition) is 4. The van der Waals surface area contributed by atoms with Crippen LogP contribution < -0.4 is 0 Å². The molecule has 0 aliphatic carbocycles. The molecular weight excluding hydrogens is 285 g/mol. The number of rotatable bonds is 4. The van der Waals surface area contributed by atoms with Crippen LogP contribution in [0.2, 0.25) is 0 Å². The first-order valence-corrected chi connectivity index (χ1v) is 5.89.